The van der Waals surface area contributed by atoms with Crippen LogP contribution in [0.5, 0.6) is 11.5 Å². The predicted octanol–water partition coefficient (Wildman–Crippen LogP) is 2.74. The lowest BCUT2D eigenvalue weighted by atomic mass is 10.1. The first-order chi connectivity index (χ1) is 8.34. The van der Waals surface area contributed by atoms with Crippen molar-refractivity contribution in [2.75, 3.05) is 13.2 Å². The highest BCUT2D eigenvalue weighted by atomic mass is 16.6. The van der Waals surface area contributed by atoms with Crippen LogP contribution < -0.4 is 9.47 Å². The zero-order valence-electron chi connectivity index (χ0n) is 10.4. The van der Waals surface area contributed by atoms with Crippen LogP contribution in [0.25, 0.3) is 10.9 Å². The third-order valence-electron chi connectivity index (χ3n) is 2.50. The maximum Gasteiger partial charge on any atom is 0.163 e. The van der Waals surface area contributed by atoms with Gasteiger partial charge in [0, 0.05) is 17.1 Å². The summed E-state index contributed by atoms with van der Waals surface area (Å²) >= 11 is 0. The fourth-order valence-corrected chi connectivity index (χ4v) is 1.72. The van der Waals surface area contributed by atoms with Gasteiger partial charge in [0.25, 0.3) is 0 Å². The average Bonchev–Trinajstić information content (AvgIpc) is 2.40. The molecule has 1 aliphatic rings. The van der Waals surface area contributed by atoms with Crippen LogP contribution in [0, 0.1) is 6.92 Å². The average molecular weight is 232 g/mol. The molecule has 4 heteroatoms. The normalized spacial score (nSPS) is 12.9. The van der Waals surface area contributed by atoms with Crippen LogP contribution in [-0.2, 0) is 0 Å². The lowest BCUT2D eigenvalue weighted by molar-refractivity contribution is 0.172. The molecule has 17 heavy (non-hydrogen) atoms. The Labute approximate surface area is 101 Å². The number of aromatic nitrogens is 2. The Balaban J connectivity index is 0.000000514. The molecule has 0 amide bonds. The molecule has 2 aromatic rings. The predicted molar refractivity (Wildman–Crippen MR) is 66.6 cm³/mol. The second kappa shape index (κ2) is 4.99. The third-order valence-corrected chi connectivity index (χ3v) is 2.50. The maximum atomic E-state index is 5.51. The Morgan fingerprint density at radius 3 is 2.35 bits per heavy atom. The number of hydrogen-bond acceptors (Lipinski definition) is 4. The highest BCUT2D eigenvalue weighted by Crippen LogP contribution is 2.34. The lowest BCUT2D eigenvalue weighted by Gasteiger charge is -2.18. The van der Waals surface area contributed by atoms with Crippen LogP contribution in [0.1, 0.15) is 19.5 Å². The monoisotopic (exact) mass is 232 g/mol. The maximum absolute atomic E-state index is 5.51. The fraction of sp³-hybridized carbons (Fsp3) is 0.385. The second-order valence-corrected chi connectivity index (χ2v) is 3.47. The van der Waals surface area contributed by atoms with E-state index in [4.69, 9.17) is 9.47 Å². The Morgan fingerprint density at radius 1 is 1.00 bits per heavy atom. The van der Waals surface area contributed by atoms with Gasteiger partial charge in [0.1, 0.15) is 19.5 Å². The molecule has 1 aromatic heterocycles. The minimum Gasteiger partial charge on any atom is -0.486 e. The lowest BCUT2D eigenvalue weighted by Crippen LogP contribution is -2.15. The van der Waals surface area contributed by atoms with Crippen molar-refractivity contribution in [1.29, 1.82) is 0 Å². The van der Waals surface area contributed by atoms with Gasteiger partial charge >= 0.3 is 0 Å². The van der Waals surface area contributed by atoms with E-state index in [1.807, 2.05) is 32.9 Å². The summed E-state index contributed by atoms with van der Waals surface area (Å²) in [6.07, 6.45) is 1.56. The molecule has 0 radical (unpaired) electrons. The number of nitrogens with zero attached hydrogens (tertiary/aromatic N) is 2. The highest BCUT2D eigenvalue weighted by Gasteiger charge is 2.13. The molecule has 0 N–H and O–H groups in total. The van der Waals surface area contributed by atoms with Crippen molar-refractivity contribution in [1.82, 2.24) is 9.97 Å². The standard InChI is InChI=1S/C11H10N2O2.C2H6/c1-7-8-4-10-11(15-3-2-14-10)5-9(8)13-6-12-7;1-2/h4-6H,2-3H2,1H3;1-2H3. The number of fused-ring (bicyclic) bond motifs is 2. The number of rotatable bonds is 0. The van der Waals surface area contributed by atoms with Crippen LogP contribution in [0.3, 0.4) is 0 Å². The summed E-state index contributed by atoms with van der Waals surface area (Å²) in [5.74, 6) is 1.55. The van der Waals surface area contributed by atoms with Gasteiger partial charge in [-0.1, -0.05) is 13.8 Å². The first kappa shape index (κ1) is 11.6. The molecular weight excluding hydrogens is 216 g/mol. The first-order valence-corrected chi connectivity index (χ1v) is 5.85. The van der Waals surface area contributed by atoms with E-state index < -0.39 is 0 Å². The number of ether oxygens (including phenoxy) is 2. The molecule has 0 unspecified atom stereocenters. The van der Waals surface area contributed by atoms with E-state index in [1.165, 1.54) is 0 Å². The smallest absolute Gasteiger partial charge is 0.163 e. The molecule has 0 saturated carbocycles. The van der Waals surface area contributed by atoms with Gasteiger partial charge in [-0.15, -0.1) is 0 Å². The molecular formula is C13H16N2O2. The van der Waals surface area contributed by atoms with Crippen LogP contribution in [0.4, 0.5) is 0 Å². The van der Waals surface area contributed by atoms with Crippen molar-refractivity contribution in [3.05, 3.63) is 24.2 Å². The minimum absolute atomic E-state index is 0.600. The van der Waals surface area contributed by atoms with E-state index in [1.54, 1.807) is 6.33 Å². The SMILES string of the molecule is CC.Cc1ncnc2cc3c(cc12)OCCO3. The number of benzene rings is 1. The zero-order chi connectivity index (χ0) is 12.3. The van der Waals surface area contributed by atoms with Gasteiger partial charge in [0.05, 0.1) is 5.52 Å². The van der Waals surface area contributed by atoms with Gasteiger partial charge in [0.2, 0.25) is 0 Å². The summed E-state index contributed by atoms with van der Waals surface area (Å²) in [5.41, 5.74) is 1.85. The summed E-state index contributed by atoms with van der Waals surface area (Å²) in [6.45, 7) is 7.16. The van der Waals surface area contributed by atoms with Crippen LogP contribution in [-0.4, -0.2) is 23.2 Å². The van der Waals surface area contributed by atoms with Crippen molar-refractivity contribution in [2.45, 2.75) is 20.8 Å². The van der Waals surface area contributed by atoms with E-state index in [9.17, 15) is 0 Å². The van der Waals surface area contributed by atoms with Gasteiger partial charge in [-0.05, 0) is 13.0 Å². The summed E-state index contributed by atoms with van der Waals surface area (Å²) in [4.78, 5) is 8.35. The Hall–Kier alpha value is -1.84. The van der Waals surface area contributed by atoms with Crippen LogP contribution in [0.15, 0.2) is 18.5 Å². The highest BCUT2D eigenvalue weighted by molar-refractivity contribution is 5.84. The quantitative estimate of drug-likeness (QED) is 0.700. The fourth-order valence-electron chi connectivity index (χ4n) is 1.72. The Morgan fingerprint density at radius 2 is 1.65 bits per heavy atom. The molecule has 0 fully saturated rings. The van der Waals surface area contributed by atoms with Crippen molar-refractivity contribution in [2.24, 2.45) is 0 Å². The van der Waals surface area contributed by atoms with Crippen molar-refractivity contribution in [3.63, 3.8) is 0 Å². The van der Waals surface area contributed by atoms with Gasteiger partial charge in [-0.25, -0.2) is 9.97 Å². The Kier molecular flexibility index (Phi) is 3.42. The van der Waals surface area contributed by atoms with Crippen LogP contribution in [0.2, 0.25) is 0 Å². The molecule has 1 aromatic carbocycles. The van der Waals surface area contributed by atoms with E-state index in [2.05, 4.69) is 9.97 Å². The largest absolute Gasteiger partial charge is 0.486 e. The molecule has 3 rings (SSSR count). The summed E-state index contributed by atoms with van der Waals surface area (Å²) in [6, 6.07) is 3.84. The molecule has 2 heterocycles. The van der Waals surface area contributed by atoms with Gasteiger partial charge in [0.15, 0.2) is 11.5 Å². The van der Waals surface area contributed by atoms with E-state index in [0.29, 0.717) is 13.2 Å². The first-order valence-electron chi connectivity index (χ1n) is 5.85. The summed E-state index contributed by atoms with van der Waals surface area (Å²) in [7, 11) is 0. The molecule has 0 aliphatic carbocycles. The van der Waals surface area contributed by atoms with Gasteiger partial charge in [-0.3, -0.25) is 0 Å². The minimum atomic E-state index is 0.600. The molecule has 1 aliphatic heterocycles. The molecule has 0 saturated heterocycles. The Bertz CT molecular complexity index is 526. The molecule has 4 nitrogen and oxygen atoms in total. The summed E-state index contributed by atoms with van der Waals surface area (Å²) < 4.78 is 11.0. The number of aryl methyl sites for hydroxylation is 1. The topological polar surface area (TPSA) is 44.2 Å². The van der Waals surface area contributed by atoms with E-state index in [0.717, 1.165) is 28.1 Å². The molecule has 0 spiro atoms. The third kappa shape index (κ3) is 2.16. The van der Waals surface area contributed by atoms with Gasteiger partial charge in [-0.2, -0.15) is 0 Å². The zero-order valence-corrected chi connectivity index (χ0v) is 10.4. The number of hydrogen-bond donors (Lipinski definition) is 0. The molecule has 90 valence electrons. The van der Waals surface area contributed by atoms with Gasteiger partial charge < -0.3 is 9.47 Å². The molecule has 0 bridgehead atoms. The second-order valence-electron chi connectivity index (χ2n) is 3.47. The van der Waals surface area contributed by atoms with Crippen molar-refractivity contribution < 1.29 is 9.47 Å². The van der Waals surface area contributed by atoms with Crippen molar-refractivity contribution >= 4 is 10.9 Å². The van der Waals surface area contributed by atoms with Crippen LogP contribution >= 0.6 is 0 Å². The molecule has 0 atom stereocenters. The summed E-state index contributed by atoms with van der Waals surface area (Å²) in [5, 5.41) is 1.02. The van der Waals surface area contributed by atoms with Crippen molar-refractivity contribution in [3.8, 4) is 11.5 Å². The van der Waals surface area contributed by atoms with E-state index >= 15 is 0 Å². The van der Waals surface area contributed by atoms with E-state index in [-0.39, 0.29) is 0 Å².